The summed E-state index contributed by atoms with van der Waals surface area (Å²) in [5.74, 6) is 1.15. The van der Waals surface area contributed by atoms with Gasteiger partial charge >= 0.3 is 0 Å². The van der Waals surface area contributed by atoms with E-state index in [-0.39, 0.29) is 6.61 Å². The molecule has 32 heavy (non-hydrogen) atoms. The molecule has 0 aromatic heterocycles. The van der Waals surface area contributed by atoms with Crippen LogP contribution in [-0.4, -0.2) is 31.4 Å². The Kier molecular flexibility index (Phi) is 10.0. The zero-order valence-corrected chi connectivity index (χ0v) is 21.4. The minimum Gasteiger partial charge on any atom is -0.369 e. The smallest absolute Gasteiger partial charge is 0.145 e. The number of ether oxygens (including phenoxy) is 1. The van der Waals surface area contributed by atoms with Crippen LogP contribution in [0.15, 0.2) is 52.3 Å². The first kappa shape index (κ1) is 25.2. The molecular weight excluding hydrogens is 434 g/mol. The molecule has 2 aromatic rings. The predicted octanol–water partition coefficient (Wildman–Crippen LogP) is 7.73. The van der Waals surface area contributed by atoms with E-state index in [1.165, 1.54) is 65.3 Å². The number of unbranched alkanes of at least 4 members (excludes halogenated alkanes) is 2. The number of anilines is 2. The summed E-state index contributed by atoms with van der Waals surface area (Å²) in [6.45, 7) is 6.29. The summed E-state index contributed by atoms with van der Waals surface area (Å²) < 4.78 is 5.59. The van der Waals surface area contributed by atoms with Crippen LogP contribution < -0.4 is 4.90 Å². The van der Waals surface area contributed by atoms with Gasteiger partial charge in [0.25, 0.3) is 0 Å². The molecule has 0 spiro atoms. The summed E-state index contributed by atoms with van der Waals surface area (Å²) >= 11 is 3.77. The lowest BCUT2D eigenvalue weighted by Gasteiger charge is -2.37. The number of hydrogen-bond donors (Lipinski definition) is 0. The highest BCUT2D eigenvalue weighted by Gasteiger charge is 2.36. The standard InChI is InChI=1S/C27H37NO2S2/c1-4-6-13-27(14-7-5-2)20-28(23-11-9-8-10-12-23)24-18-25(31-3)22(19-30-16-15-29)17-26(24)32-21-27/h8-12,15,17-18H,4-7,13-14,16,19-21H2,1-3H3. The zero-order valence-electron chi connectivity index (χ0n) is 19.8. The van der Waals surface area contributed by atoms with Crippen LogP contribution in [-0.2, 0) is 16.1 Å². The van der Waals surface area contributed by atoms with Crippen molar-refractivity contribution in [2.75, 3.05) is 30.1 Å². The molecule has 0 N–H and O–H groups in total. The average Bonchev–Trinajstić information content (AvgIpc) is 2.99. The van der Waals surface area contributed by atoms with Crippen LogP contribution in [0.4, 0.5) is 11.4 Å². The molecule has 0 fully saturated rings. The molecule has 5 heteroatoms. The van der Waals surface area contributed by atoms with E-state index in [1.54, 1.807) is 11.8 Å². The molecule has 1 heterocycles. The van der Waals surface area contributed by atoms with E-state index in [9.17, 15) is 4.79 Å². The molecule has 2 aromatic carbocycles. The number of benzene rings is 2. The second kappa shape index (κ2) is 12.7. The Labute approximate surface area is 202 Å². The maximum absolute atomic E-state index is 10.7. The SMILES string of the molecule is CCCCC1(CCCC)CSc2cc(COCC=O)c(SC)cc2N(c2ccccc2)C1. The Balaban J connectivity index is 2.05. The van der Waals surface area contributed by atoms with Gasteiger partial charge in [-0.05, 0) is 54.3 Å². The third kappa shape index (κ3) is 6.33. The molecule has 1 aliphatic rings. The fourth-order valence-corrected chi connectivity index (χ4v) is 6.50. The van der Waals surface area contributed by atoms with E-state index in [0.717, 1.165) is 18.6 Å². The van der Waals surface area contributed by atoms with Gasteiger partial charge in [0.05, 0.1) is 12.3 Å². The number of thioether (sulfide) groups is 2. The van der Waals surface area contributed by atoms with Crippen molar-refractivity contribution in [1.82, 2.24) is 0 Å². The lowest BCUT2D eigenvalue weighted by atomic mass is 9.79. The Bertz CT molecular complexity index is 848. The van der Waals surface area contributed by atoms with E-state index < -0.39 is 0 Å². The van der Waals surface area contributed by atoms with E-state index in [1.807, 2.05) is 11.8 Å². The topological polar surface area (TPSA) is 29.5 Å². The number of rotatable bonds is 12. The summed E-state index contributed by atoms with van der Waals surface area (Å²) in [6.07, 6.45) is 10.5. The molecule has 0 unspecified atom stereocenters. The molecule has 0 saturated heterocycles. The second-order valence-corrected chi connectivity index (χ2v) is 10.6. The van der Waals surface area contributed by atoms with Crippen LogP contribution in [0.1, 0.15) is 57.9 Å². The van der Waals surface area contributed by atoms with Gasteiger partial charge in [0.2, 0.25) is 0 Å². The lowest BCUT2D eigenvalue weighted by Crippen LogP contribution is -2.36. The van der Waals surface area contributed by atoms with E-state index in [0.29, 0.717) is 12.0 Å². The van der Waals surface area contributed by atoms with E-state index in [2.05, 4.69) is 67.5 Å². The quantitative estimate of drug-likeness (QED) is 0.179. The van der Waals surface area contributed by atoms with Crippen LogP contribution in [0.3, 0.4) is 0 Å². The molecule has 0 atom stereocenters. The molecule has 174 valence electrons. The summed E-state index contributed by atoms with van der Waals surface area (Å²) in [5, 5.41) is 0. The Hall–Kier alpha value is -1.43. The highest BCUT2D eigenvalue weighted by molar-refractivity contribution is 7.99. The number of para-hydroxylation sites is 1. The Morgan fingerprint density at radius 1 is 1.12 bits per heavy atom. The minimum atomic E-state index is 0.144. The third-order valence-corrected chi connectivity index (χ3v) is 8.53. The van der Waals surface area contributed by atoms with Crippen molar-refractivity contribution in [2.45, 2.75) is 68.8 Å². The van der Waals surface area contributed by atoms with Crippen LogP contribution in [0.2, 0.25) is 0 Å². The average molecular weight is 472 g/mol. The van der Waals surface area contributed by atoms with Crippen molar-refractivity contribution in [2.24, 2.45) is 5.41 Å². The van der Waals surface area contributed by atoms with Crippen molar-refractivity contribution in [3.63, 3.8) is 0 Å². The van der Waals surface area contributed by atoms with Gasteiger partial charge in [-0.25, -0.2) is 0 Å². The first-order valence-electron chi connectivity index (χ1n) is 11.8. The molecule has 0 bridgehead atoms. The van der Waals surface area contributed by atoms with Gasteiger partial charge in [-0.15, -0.1) is 23.5 Å². The largest absolute Gasteiger partial charge is 0.369 e. The van der Waals surface area contributed by atoms with Crippen molar-refractivity contribution in [3.05, 3.63) is 48.0 Å². The van der Waals surface area contributed by atoms with Crippen LogP contribution >= 0.6 is 23.5 Å². The molecule has 1 aliphatic heterocycles. The number of hydrogen-bond acceptors (Lipinski definition) is 5. The van der Waals surface area contributed by atoms with Crippen LogP contribution in [0, 0.1) is 5.41 Å². The van der Waals surface area contributed by atoms with Gasteiger partial charge in [0, 0.05) is 27.8 Å². The first-order valence-corrected chi connectivity index (χ1v) is 14.0. The van der Waals surface area contributed by atoms with Gasteiger partial charge in [0.15, 0.2) is 0 Å². The monoisotopic (exact) mass is 471 g/mol. The Morgan fingerprint density at radius 2 is 1.84 bits per heavy atom. The summed E-state index contributed by atoms with van der Waals surface area (Å²) in [7, 11) is 0. The summed E-state index contributed by atoms with van der Waals surface area (Å²) in [4.78, 5) is 15.8. The first-order chi connectivity index (χ1) is 15.7. The normalized spacial score (nSPS) is 15.3. The highest BCUT2D eigenvalue weighted by atomic mass is 32.2. The molecule has 3 rings (SSSR count). The molecule has 0 radical (unpaired) electrons. The predicted molar refractivity (Wildman–Crippen MR) is 140 cm³/mol. The van der Waals surface area contributed by atoms with Gasteiger partial charge in [-0.2, -0.15) is 0 Å². The summed E-state index contributed by atoms with van der Waals surface area (Å²) in [6, 6.07) is 15.5. The minimum absolute atomic E-state index is 0.144. The van der Waals surface area contributed by atoms with Crippen molar-refractivity contribution in [3.8, 4) is 0 Å². The van der Waals surface area contributed by atoms with Gasteiger partial charge in [-0.1, -0.05) is 57.7 Å². The molecular formula is C27H37NO2S2. The molecule has 0 aliphatic carbocycles. The van der Waals surface area contributed by atoms with Crippen molar-refractivity contribution in [1.29, 1.82) is 0 Å². The third-order valence-electron chi connectivity index (χ3n) is 6.31. The van der Waals surface area contributed by atoms with Crippen molar-refractivity contribution < 1.29 is 9.53 Å². The number of aldehydes is 1. The van der Waals surface area contributed by atoms with Gasteiger partial charge in [-0.3, -0.25) is 0 Å². The Morgan fingerprint density at radius 3 is 2.47 bits per heavy atom. The number of carbonyl (C=O) groups is 1. The van der Waals surface area contributed by atoms with E-state index in [4.69, 9.17) is 4.74 Å². The maximum atomic E-state index is 10.7. The fraction of sp³-hybridized carbons (Fsp3) is 0.519. The number of fused-ring (bicyclic) bond motifs is 1. The van der Waals surface area contributed by atoms with Crippen LogP contribution in [0.5, 0.6) is 0 Å². The maximum Gasteiger partial charge on any atom is 0.145 e. The lowest BCUT2D eigenvalue weighted by molar-refractivity contribution is -0.112. The van der Waals surface area contributed by atoms with Crippen molar-refractivity contribution >= 4 is 41.2 Å². The summed E-state index contributed by atoms with van der Waals surface area (Å²) in [5.41, 5.74) is 4.05. The number of carbonyl (C=O) groups excluding carboxylic acids is 1. The van der Waals surface area contributed by atoms with Gasteiger partial charge < -0.3 is 14.4 Å². The molecule has 3 nitrogen and oxygen atoms in total. The zero-order chi connectivity index (χ0) is 22.8. The molecule has 0 saturated carbocycles. The van der Waals surface area contributed by atoms with Crippen LogP contribution in [0.25, 0.3) is 0 Å². The number of nitrogens with zero attached hydrogens (tertiary/aromatic N) is 1. The highest BCUT2D eigenvalue weighted by Crippen LogP contribution is 2.48. The van der Waals surface area contributed by atoms with E-state index >= 15 is 0 Å². The fourth-order valence-electron chi connectivity index (χ4n) is 4.50. The van der Waals surface area contributed by atoms with Gasteiger partial charge in [0.1, 0.15) is 12.9 Å². The second-order valence-electron chi connectivity index (χ2n) is 8.73. The molecule has 0 amide bonds.